The summed E-state index contributed by atoms with van der Waals surface area (Å²) in [5.74, 6) is -0.662. The van der Waals surface area contributed by atoms with Crippen LogP contribution in [-0.2, 0) is 9.53 Å². The van der Waals surface area contributed by atoms with Gasteiger partial charge in [0.25, 0.3) is 5.91 Å². The molecule has 0 bridgehead atoms. The Morgan fingerprint density at radius 2 is 2.08 bits per heavy atom. The van der Waals surface area contributed by atoms with Gasteiger partial charge in [0.1, 0.15) is 11.3 Å². The van der Waals surface area contributed by atoms with Crippen molar-refractivity contribution < 1.29 is 18.7 Å². The Bertz CT molecular complexity index is 860. The van der Waals surface area contributed by atoms with Crippen LogP contribution < -0.4 is 5.32 Å². The number of pyridine rings is 1. The molecule has 0 aliphatic carbocycles. The number of esters is 1. The summed E-state index contributed by atoms with van der Waals surface area (Å²) in [4.78, 5) is 32.7. The average Bonchev–Trinajstić information content (AvgIpc) is 3.08. The Kier molecular flexibility index (Phi) is 4.51. The van der Waals surface area contributed by atoms with Crippen LogP contribution in [0.25, 0.3) is 11.1 Å². The first-order valence-electron chi connectivity index (χ1n) is 7.44. The summed E-state index contributed by atoms with van der Waals surface area (Å²) in [6, 6.07) is 10.1. The molecule has 2 heterocycles. The standard InChI is InChI=1S/C17H15N3O4/c1-2-12(16(21)20-14-8-3-4-9-18-14)24-17(22)11-6-5-7-13-15(11)19-10-23-13/h3-10,12H,2H2,1H3,(H,18,20,21). The number of nitrogens with one attached hydrogen (secondary N) is 1. The Morgan fingerprint density at radius 1 is 1.21 bits per heavy atom. The molecular formula is C17H15N3O4. The lowest BCUT2D eigenvalue weighted by Gasteiger charge is -2.15. The lowest BCUT2D eigenvalue weighted by molar-refractivity contribution is -0.124. The maximum Gasteiger partial charge on any atom is 0.341 e. The van der Waals surface area contributed by atoms with Gasteiger partial charge in [-0.25, -0.2) is 14.8 Å². The van der Waals surface area contributed by atoms with E-state index < -0.39 is 18.0 Å². The van der Waals surface area contributed by atoms with Crippen molar-refractivity contribution in [2.45, 2.75) is 19.4 Å². The van der Waals surface area contributed by atoms with Crippen LogP contribution in [0.1, 0.15) is 23.7 Å². The zero-order valence-corrected chi connectivity index (χ0v) is 12.9. The van der Waals surface area contributed by atoms with Gasteiger partial charge in [-0.2, -0.15) is 0 Å². The maximum absolute atomic E-state index is 12.4. The predicted octanol–water partition coefficient (Wildman–Crippen LogP) is 2.80. The molecule has 0 saturated carbocycles. The summed E-state index contributed by atoms with van der Waals surface area (Å²) in [6.45, 7) is 1.76. The van der Waals surface area contributed by atoms with E-state index in [-0.39, 0.29) is 5.56 Å². The zero-order chi connectivity index (χ0) is 16.9. The molecule has 7 heteroatoms. The molecule has 0 saturated heterocycles. The van der Waals surface area contributed by atoms with Crippen molar-refractivity contribution in [1.82, 2.24) is 9.97 Å². The van der Waals surface area contributed by atoms with Crippen molar-refractivity contribution in [1.29, 1.82) is 0 Å². The van der Waals surface area contributed by atoms with Gasteiger partial charge in [-0.1, -0.05) is 19.1 Å². The monoisotopic (exact) mass is 325 g/mol. The molecule has 3 rings (SSSR count). The fourth-order valence-electron chi connectivity index (χ4n) is 2.21. The third-order valence-electron chi connectivity index (χ3n) is 3.41. The summed E-state index contributed by atoms with van der Waals surface area (Å²) in [7, 11) is 0. The molecule has 1 amide bonds. The Balaban J connectivity index is 1.74. The van der Waals surface area contributed by atoms with E-state index >= 15 is 0 Å². The van der Waals surface area contributed by atoms with Crippen LogP contribution in [-0.4, -0.2) is 27.9 Å². The normalized spacial score (nSPS) is 11.9. The van der Waals surface area contributed by atoms with Crippen molar-refractivity contribution in [3.8, 4) is 0 Å². The summed E-state index contributed by atoms with van der Waals surface area (Å²) < 4.78 is 10.5. The SMILES string of the molecule is CCC(OC(=O)c1cccc2ocnc12)C(=O)Nc1ccccn1. The molecule has 24 heavy (non-hydrogen) atoms. The minimum atomic E-state index is -0.929. The lowest BCUT2D eigenvalue weighted by Crippen LogP contribution is -2.32. The first-order valence-corrected chi connectivity index (χ1v) is 7.44. The predicted molar refractivity (Wildman–Crippen MR) is 86.4 cm³/mol. The number of hydrogen-bond acceptors (Lipinski definition) is 6. The highest BCUT2D eigenvalue weighted by Gasteiger charge is 2.24. The second kappa shape index (κ2) is 6.91. The van der Waals surface area contributed by atoms with E-state index in [9.17, 15) is 9.59 Å². The van der Waals surface area contributed by atoms with Gasteiger partial charge in [0.05, 0.1) is 5.56 Å². The van der Waals surface area contributed by atoms with E-state index in [4.69, 9.17) is 9.15 Å². The molecule has 7 nitrogen and oxygen atoms in total. The number of rotatable bonds is 5. The summed E-state index contributed by atoms with van der Waals surface area (Å²) in [5, 5.41) is 2.62. The van der Waals surface area contributed by atoms with Crippen molar-refractivity contribution >= 4 is 28.8 Å². The van der Waals surface area contributed by atoms with E-state index in [1.54, 1.807) is 49.5 Å². The summed E-state index contributed by atoms with van der Waals surface area (Å²) >= 11 is 0. The van der Waals surface area contributed by atoms with Crippen LogP contribution in [0.5, 0.6) is 0 Å². The highest BCUT2D eigenvalue weighted by molar-refractivity contribution is 6.03. The van der Waals surface area contributed by atoms with E-state index in [2.05, 4.69) is 15.3 Å². The summed E-state index contributed by atoms with van der Waals surface area (Å²) in [5.41, 5.74) is 1.14. The number of oxazole rings is 1. The van der Waals surface area contributed by atoms with Gasteiger partial charge in [0.15, 0.2) is 18.1 Å². The molecule has 0 spiro atoms. The molecule has 2 aromatic heterocycles. The van der Waals surface area contributed by atoms with E-state index in [1.807, 2.05) is 0 Å². The van der Waals surface area contributed by atoms with E-state index in [0.717, 1.165) is 0 Å². The molecule has 1 unspecified atom stereocenters. The van der Waals surface area contributed by atoms with Crippen LogP contribution in [0.2, 0.25) is 0 Å². The Labute approximate surface area is 137 Å². The quantitative estimate of drug-likeness (QED) is 0.725. The number of ether oxygens (including phenoxy) is 1. The number of para-hydroxylation sites is 1. The molecule has 0 radical (unpaired) electrons. The third kappa shape index (κ3) is 3.24. The molecule has 1 N–H and O–H groups in total. The molecule has 3 aromatic rings. The van der Waals surface area contributed by atoms with Crippen molar-refractivity contribution in [3.63, 3.8) is 0 Å². The Hall–Kier alpha value is -3.22. The molecule has 0 aliphatic rings. The number of benzene rings is 1. The lowest BCUT2D eigenvalue weighted by atomic mass is 10.2. The minimum absolute atomic E-state index is 0.255. The minimum Gasteiger partial charge on any atom is -0.449 e. The second-order valence-electron chi connectivity index (χ2n) is 5.01. The van der Waals surface area contributed by atoms with Crippen LogP contribution >= 0.6 is 0 Å². The van der Waals surface area contributed by atoms with Crippen molar-refractivity contribution in [2.24, 2.45) is 0 Å². The number of carbonyl (C=O) groups excluding carboxylic acids is 2. The smallest absolute Gasteiger partial charge is 0.341 e. The molecule has 0 fully saturated rings. The highest BCUT2D eigenvalue weighted by Crippen LogP contribution is 2.19. The topological polar surface area (TPSA) is 94.3 Å². The largest absolute Gasteiger partial charge is 0.449 e. The maximum atomic E-state index is 12.4. The Morgan fingerprint density at radius 3 is 2.83 bits per heavy atom. The first-order chi connectivity index (χ1) is 11.7. The number of anilines is 1. The number of fused-ring (bicyclic) bond motifs is 1. The first kappa shape index (κ1) is 15.7. The molecular weight excluding hydrogens is 310 g/mol. The fourth-order valence-corrected chi connectivity index (χ4v) is 2.21. The number of amides is 1. The van der Waals surface area contributed by atoms with Crippen LogP contribution in [0.4, 0.5) is 5.82 Å². The molecule has 1 aromatic carbocycles. The van der Waals surface area contributed by atoms with E-state index in [0.29, 0.717) is 23.3 Å². The van der Waals surface area contributed by atoms with Gasteiger partial charge in [0, 0.05) is 6.20 Å². The third-order valence-corrected chi connectivity index (χ3v) is 3.41. The number of nitrogens with zero attached hydrogens (tertiary/aromatic N) is 2. The van der Waals surface area contributed by atoms with E-state index in [1.165, 1.54) is 6.39 Å². The van der Waals surface area contributed by atoms with Gasteiger partial charge in [-0.05, 0) is 30.7 Å². The number of aromatic nitrogens is 2. The van der Waals surface area contributed by atoms with Gasteiger partial charge < -0.3 is 14.5 Å². The molecule has 1 atom stereocenters. The van der Waals surface area contributed by atoms with Crippen LogP contribution in [0.15, 0.2) is 53.4 Å². The van der Waals surface area contributed by atoms with Crippen molar-refractivity contribution in [2.75, 3.05) is 5.32 Å². The summed E-state index contributed by atoms with van der Waals surface area (Å²) in [6.07, 6.45) is 2.22. The fraction of sp³-hybridized carbons (Fsp3) is 0.176. The second-order valence-corrected chi connectivity index (χ2v) is 5.01. The van der Waals surface area contributed by atoms with Gasteiger partial charge in [-0.15, -0.1) is 0 Å². The van der Waals surface area contributed by atoms with Gasteiger partial charge in [-0.3, -0.25) is 4.79 Å². The van der Waals surface area contributed by atoms with Gasteiger partial charge >= 0.3 is 5.97 Å². The van der Waals surface area contributed by atoms with Crippen LogP contribution in [0, 0.1) is 0 Å². The highest BCUT2D eigenvalue weighted by atomic mass is 16.5. The van der Waals surface area contributed by atoms with Crippen LogP contribution in [0.3, 0.4) is 0 Å². The molecule has 122 valence electrons. The van der Waals surface area contributed by atoms with Crippen molar-refractivity contribution in [3.05, 3.63) is 54.6 Å². The molecule has 0 aliphatic heterocycles. The number of hydrogen-bond donors (Lipinski definition) is 1. The number of carbonyl (C=O) groups is 2. The van der Waals surface area contributed by atoms with Gasteiger partial charge in [0.2, 0.25) is 0 Å². The average molecular weight is 325 g/mol. The zero-order valence-electron chi connectivity index (χ0n) is 12.9.